The van der Waals surface area contributed by atoms with E-state index >= 15 is 0 Å². The third kappa shape index (κ3) is 5.03. The van der Waals surface area contributed by atoms with Crippen LogP contribution in [0.1, 0.15) is 16.1 Å². The van der Waals surface area contributed by atoms with Gasteiger partial charge in [0.05, 0.1) is 27.3 Å². The number of aryl methyl sites for hydroxylation is 1. The zero-order chi connectivity index (χ0) is 19.4. The molecular formula is C19H15Br2N3O2S. The van der Waals surface area contributed by atoms with Gasteiger partial charge in [0, 0.05) is 10.4 Å². The van der Waals surface area contributed by atoms with Gasteiger partial charge in [-0.3, -0.25) is 4.79 Å². The van der Waals surface area contributed by atoms with Crippen molar-refractivity contribution >= 4 is 55.3 Å². The van der Waals surface area contributed by atoms with Crippen LogP contribution in [0.4, 0.5) is 0 Å². The monoisotopic (exact) mass is 507 g/mol. The number of hydrogen-bond donors (Lipinski definition) is 2. The second-order valence-corrected chi connectivity index (χ2v) is 8.60. The number of phenolic OH excluding ortho intramolecular Hbond substituents is 1. The van der Waals surface area contributed by atoms with Crippen molar-refractivity contribution < 1.29 is 9.90 Å². The average Bonchev–Trinajstić information content (AvgIpc) is 3.01. The van der Waals surface area contributed by atoms with Gasteiger partial charge in [0.15, 0.2) is 0 Å². The number of carbonyl (C=O) groups excluding carboxylic acids is 1. The van der Waals surface area contributed by atoms with Crippen LogP contribution in [0.15, 0.2) is 56.5 Å². The number of carbonyl (C=O) groups is 1. The lowest BCUT2D eigenvalue weighted by Gasteiger charge is -2.02. The van der Waals surface area contributed by atoms with Crippen LogP contribution in [0.5, 0.6) is 5.75 Å². The first-order chi connectivity index (χ1) is 12.9. The van der Waals surface area contributed by atoms with E-state index in [1.54, 1.807) is 23.5 Å². The van der Waals surface area contributed by atoms with Crippen molar-refractivity contribution in [1.29, 1.82) is 0 Å². The Bertz CT molecular complexity index is 980. The van der Waals surface area contributed by atoms with Gasteiger partial charge in [-0.05, 0) is 56.5 Å². The van der Waals surface area contributed by atoms with Crippen LogP contribution in [0.25, 0.3) is 10.6 Å². The summed E-state index contributed by atoms with van der Waals surface area (Å²) in [5, 5.41) is 14.6. The van der Waals surface area contributed by atoms with Crippen molar-refractivity contribution in [3.8, 4) is 16.3 Å². The molecule has 0 saturated heterocycles. The number of nitrogens with one attached hydrogen (secondary N) is 1. The maximum absolute atomic E-state index is 12.2. The summed E-state index contributed by atoms with van der Waals surface area (Å²) in [5.41, 5.74) is 5.03. The lowest BCUT2D eigenvalue weighted by Crippen LogP contribution is -2.20. The second kappa shape index (κ2) is 8.77. The van der Waals surface area contributed by atoms with Gasteiger partial charge in [0.2, 0.25) is 5.91 Å². The zero-order valence-electron chi connectivity index (χ0n) is 14.2. The summed E-state index contributed by atoms with van der Waals surface area (Å²) in [7, 11) is 0. The van der Waals surface area contributed by atoms with E-state index in [0.717, 1.165) is 26.7 Å². The predicted molar refractivity (Wildman–Crippen MR) is 115 cm³/mol. The van der Waals surface area contributed by atoms with E-state index in [4.69, 9.17) is 0 Å². The highest BCUT2D eigenvalue weighted by Gasteiger charge is 2.12. The molecule has 8 heteroatoms. The normalized spacial score (nSPS) is 11.1. The van der Waals surface area contributed by atoms with Gasteiger partial charge in [0.1, 0.15) is 10.8 Å². The summed E-state index contributed by atoms with van der Waals surface area (Å²) in [6.45, 7) is 1.96. The van der Waals surface area contributed by atoms with Crippen molar-refractivity contribution in [1.82, 2.24) is 10.4 Å². The Kier molecular flexibility index (Phi) is 6.41. The molecule has 0 aliphatic carbocycles. The van der Waals surface area contributed by atoms with Crippen LogP contribution < -0.4 is 5.43 Å². The molecule has 27 heavy (non-hydrogen) atoms. The highest BCUT2D eigenvalue weighted by Crippen LogP contribution is 2.32. The number of halogens is 2. The largest absolute Gasteiger partial charge is 0.506 e. The van der Waals surface area contributed by atoms with Gasteiger partial charge >= 0.3 is 0 Å². The third-order valence-electron chi connectivity index (χ3n) is 3.68. The van der Waals surface area contributed by atoms with E-state index in [2.05, 4.69) is 47.4 Å². The zero-order valence-corrected chi connectivity index (χ0v) is 18.2. The summed E-state index contributed by atoms with van der Waals surface area (Å²) in [6.07, 6.45) is 1.67. The topological polar surface area (TPSA) is 74.6 Å². The third-order valence-corrected chi connectivity index (χ3v) is 5.95. The molecule has 0 aliphatic rings. The molecule has 3 rings (SSSR count). The maximum atomic E-state index is 12.2. The lowest BCUT2D eigenvalue weighted by atomic mass is 10.2. The summed E-state index contributed by atoms with van der Waals surface area (Å²) in [6, 6.07) is 13.3. The first-order valence-electron chi connectivity index (χ1n) is 7.95. The number of hydrazone groups is 1. The van der Waals surface area contributed by atoms with Crippen molar-refractivity contribution in [3.63, 3.8) is 0 Å². The maximum Gasteiger partial charge on any atom is 0.246 e. The number of phenols is 1. The summed E-state index contributed by atoms with van der Waals surface area (Å²) in [4.78, 5) is 17.8. The average molecular weight is 509 g/mol. The Morgan fingerprint density at radius 3 is 2.59 bits per heavy atom. The quantitative estimate of drug-likeness (QED) is 0.374. The Hall–Kier alpha value is -2.03. The summed E-state index contributed by atoms with van der Waals surface area (Å²) in [5.74, 6) is -0.124. The molecule has 2 aromatic carbocycles. The van der Waals surface area contributed by atoms with Crippen molar-refractivity contribution in [2.24, 2.45) is 5.10 Å². The Morgan fingerprint density at radius 2 is 1.93 bits per heavy atom. The van der Waals surface area contributed by atoms with Crippen LogP contribution in [0.3, 0.4) is 0 Å². The molecule has 2 N–H and O–H groups in total. The molecule has 0 unspecified atom stereocenters. The van der Waals surface area contributed by atoms with Crippen LogP contribution >= 0.6 is 43.2 Å². The van der Waals surface area contributed by atoms with E-state index in [1.165, 1.54) is 6.21 Å². The number of nitrogens with zero attached hydrogens (tertiary/aromatic N) is 2. The fraction of sp³-hybridized carbons (Fsp3) is 0.105. The van der Waals surface area contributed by atoms with Crippen molar-refractivity contribution in [2.75, 3.05) is 0 Å². The molecule has 0 radical (unpaired) electrons. The summed E-state index contributed by atoms with van der Waals surface area (Å²) >= 11 is 8.08. The molecule has 0 atom stereocenters. The van der Waals surface area contributed by atoms with Gasteiger partial charge in [-0.2, -0.15) is 5.10 Å². The molecule has 1 amide bonds. The minimum Gasteiger partial charge on any atom is -0.506 e. The van der Waals surface area contributed by atoms with E-state index in [9.17, 15) is 9.90 Å². The molecule has 0 aliphatic heterocycles. The van der Waals surface area contributed by atoms with E-state index < -0.39 is 0 Å². The molecule has 0 fully saturated rings. The van der Waals surface area contributed by atoms with Crippen LogP contribution in [0.2, 0.25) is 0 Å². The van der Waals surface area contributed by atoms with E-state index in [-0.39, 0.29) is 18.1 Å². The standard InChI is InChI=1S/C19H15Br2N3O2S/c1-11-16(23-19(27-11)13-5-3-2-4-6-13)9-17(25)24-22-10-12-7-14(20)18(26)15(21)8-12/h2-8,10,26H,9H2,1H3,(H,24,25). The highest BCUT2D eigenvalue weighted by atomic mass is 79.9. The fourth-order valence-electron chi connectivity index (χ4n) is 2.33. The Labute approximate surface area is 177 Å². The molecule has 0 bridgehead atoms. The SMILES string of the molecule is Cc1sc(-c2ccccc2)nc1CC(=O)NN=Cc1cc(Br)c(O)c(Br)c1. The number of aromatic hydroxyl groups is 1. The highest BCUT2D eigenvalue weighted by molar-refractivity contribution is 9.11. The first-order valence-corrected chi connectivity index (χ1v) is 10.4. The fourth-order valence-corrected chi connectivity index (χ4v) is 4.48. The number of hydrogen-bond acceptors (Lipinski definition) is 5. The molecule has 1 heterocycles. The molecule has 3 aromatic rings. The minimum atomic E-state index is -0.240. The molecule has 138 valence electrons. The molecule has 1 aromatic heterocycles. The van der Waals surface area contributed by atoms with Crippen LogP contribution in [-0.4, -0.2) is 22.2 Å². The van der Waals surface area contributed by atoms with Crippen LogP contribution in [-0.2, 0) is 11.2 Å². The number of rotatable bonds is 5. The van der Waals surface area contributed by atoms with Gasteiger partial charge in [-0.15, -0.1) is 11.3 Å². The number of benzene rings is 2. The first kappa shape index (κ1) is 19.7. The Morgan fingerprint density at radius 1 is 1.26 bits per heavy atom. The lowest BCUT2D eigenvalue weighted by molar-refractivity contribution is -0.120. The van der Waals surface area contributed by atoms with Crippen molar-refractivity contribution in [3.05, 3.63) is 67.5 Å². The van der Waals surface area contributed by atoms with Crippen molar-refractivity contribution in [2.45, 2.75) is 13.3 Å². The second-order valence-electron chi connectivity index (χ2n) is 5.69. The van der Waals surface area contributed by atoms with E-state index in [0.29, 0.717) is 8.95 Å². The van der Waals surface area contributed by atoms with Gasteiger partial charge in [-0.25, -0.2) is 10.4 Å². The minimum absolute atomic E-state index is 0.115. The Balaban J connectivity index is 1.64. The van der Waals surface area contributed by atoms with Gasteiger partial charge in [-0.1, -0.05) is 30.3 Å². The van der Waals surface area contributed by atoms with Gasteiger partial charge < -0.3 is 5.11 Å². The number of amides is 1. The van der Waals surface area contributed by atoms with Crippen LogP contribution in [0, 0.1) is 6.92 Å². The van der Waals surface area contributed by atoms with E-state index in [1.807, 2.05) is 37.3 Å². The number of aromatic nitrogens is 1. The molecule has 0 saturated carbocycles. The smallest absolute Gasteiger partial charge is 0.246 e. The molecule has 0 spiro atoms. The molecule has 5 nitrogen and oxygen atoms in total. The summed E-state index contributed by atoms with van der Waals surface area (Å²) < 4.78 is 1.08. The van der Waals surface area contributed by atoms with Gasteiger partial charge in [0.25, 0.3) is 0 Å². The number of thiazole rings is 1. The molecular weight excluding hydrogens is 494 g/mol. The predicted octanol–water partition coefficient (Wildman–Crippen LogP) is 5.04.